The zero-order chi connectivity index (χ0) is 18.4. The molecule has 0 aliphatic heterocycles. The van der Waals surface area contributed by atoms with Gasteiger partial charge in [-0.1, -0.05) is 43.2 Å². The van der Waals surface area contributed by atoms with E-state index in [2.05, 4.69) is 4.98 Å². The van der Waals surface area contributed by atoms with Crippen LogP contribution in [0, 0.1) is 0 Å². The van der Waals surface area contributed by atoms with Crippen molar-refractivity contribution >= 4 is 11.9 Å². The fourth-order valence-electron chi connectivity index (χ4n) is 3.28. The van der Waals surface area contributed by atoms with Crippen LogP contribution in [-0.2, 0) is 11.4 Å². The molecule has 1 aromatic heterocycles. The minimum Gasteiger partial charge on any atom is -0.272 e. The maximum absolute atomic E-state index is 13.2. The average Bonchev–Trinajstić information content (AvgIpc) is 3.22. The third-order valence-electron chi connectivity index (χ3n) is 4.64. The van der Waals surface area contributed by atoms with Gasteiger partial charge in [-0.3, -0.25) is 19.5 Å². The molecule has 0 unspecified atom stereocenters. The number of rotatable bonds is 5. The Morgan fingerprint density at radius 2 is 1.73 bits per heavy atom. The van der Waals surface area contributed by atoms with Crippen molar-refractivity contribution in [2.24, 2.45) is 0 Å². The number of pyridine rings is 1. The summed E-state index contributed by atoms with van der Waals surface area (Å²) in [7, 11) is 1.45. The van der Waals surface area contributed by atoms with Crippen LogP contribution in [0.25, 0.3) is 0 Å². The van der Waals surface area contributed by atoms with Crippen LogP contribution in [0.5, 0.6) is 0 Å². The molecule has 2 aromatic rings. The van der Waals surface area contributed by atoms with Gasteiger partial charge in [0.25, 0.3) is 5.91 Å². The van der Waals surface area contributed by atoms with Crippen molar-refractivity contribution in [1.29, 1.82) is 0 Å². The molecule has 1 aromatic carbocycles. The third kappa shape index (κ3) is 4.08. The fraction of sp³-hybridized carbons (Fsp3) is 0.350. The molecule has 1 aliphatic carbocycles. The van der Waals surface area contributed by atoms with Gasteiger partial charge in [-0.15, -0.1) is 0 Å². The molecule has 0 atom stereocenters. The molecular formula is C20H23N3O3. The van der Waals surface area contributed by atoms with Gasteiger partial charge in [0.15, 0.2) is 0 Å². The van der Waals surface area contributed by atoms with Gasteiger partial charge in [0.2, 0.25) is 0 Å². The van der Waals surface area contributed by atoms with Crippen LogP contribution in [0.15, 0.2) is 54.9 Å². The van der Waals surface area contributed by atoms with Crippen molar-refractivity contribution in [2.75, 3.05) is 7.11 Å². The second-order valence-corrected chi connectivity index (χ2v) is 6.34. The second-order valence-electron chi connectivity index (χ2n) is 6.34. The van der Waals surface area contributed by atoms with Crippen LogP contribution in [0.3, 0.4) is 0 Å². The van der Waals surface area contributed by atoms with Crippen molar-refractivity contribution < 1.29 is 14.4 Å². The van der Waals surface area contributed by atoms with Crippen LogP contribution in [-0.4, -0.2) is 40.0 Å². The lowest BCUT2D eigenvalue weighted by Crippen LogP contribution is -2.50. The van der Waals surface area contributed by atoms with Crippen LogP contribution >= 0.6 is 0 Å². The first-order chi connectivity index (χ1) is 12.7. The number of carbonyl (C=O) groups is 2. The fourth-order valence-corrected chi connectivity index (χ4v) is 3.28. The highest BCUT2D eigenvalue weighted by molar-refractivity contribution is 6.04. The molecule has 6 heteroatoms. The van der Waals surface area contributed by atoms with Crippen LogP contribution in [0.1, 0.15) is 41.6 Å². The molecule has 0 saturated heterocycles. The topological polar surface area (TPSA) is 62.7 Å². The summed E-state index contributed by atoms with van der Waals surface area (Å²) in [4.78, 5) is 36.8. The molecule has 0 spiro atoms. The Kier molecular flexibility index (Phi) is 5.96. The molecule has 0 N–H and O–H groups in total. The second kappa shape index (κ2) is 8.58. The first-order valence-electron chi connectivity index (χ1n) is 8.84. The standard InChI is InChI=1S/C20H23N3O3/c1-26-22(15-16-7-3-2-4-8-16)20(25)23(18-9-5-6-10-18)19(24)17-11-13-21-14-12-17/h2-4,7-8,11-14,18H,5-6,9-10,15H2,1H3. The van der Waals surface area contributed by atoms with Gasteiger partial charge in [0.05, 0.1) is 13.7 Å². The highest BCUT2D eigenvalue weighted by Crippen LogP contribution is 2.26. The Hall–Kier alpha value is -2.73. The lowest BCUT2D eigenvalue weighted by atomic mass is 10.1. The minimum absolute atomic E-state index is 0.100. The van der Waals surface area contributed by atoms with E-state index in [4.69, 9.17) is 4.84 Å². The van der Waals surface area contributed by atoms with E-state index in [-0.39, 0.29) is 18.5 Å². The normalized spacial score (nSPS) is 14.2. The molecule has 1 aliphatic rings. The zero-order valence-corrected chi connectivity index (χ0v) is 14.9. The first-order valence-corrected chi connectivity index (χ1v) is 8.84. The monoisotopic (exact) mass is 353 g/mol. The van der Waals surface area contributed by atoms with Gasteiger partial charge in [-0.25, -0.2) is 4.79 Å². The molecule has 136 valence electrons. The van der Waals surface area contributed by atoms with Crippen LogP contribution in [0.4, 0.5) is 4.79 Å². The summed E-state index contributed by atoms with van der Waals surface area (Å²) < 4.78 is 0. The van der Waals surface area contributed by atoms with Crippen molar-refractivity contribution in [3.8, 4) is 0 Å². The largest absolute Gasteiger partial charge is 0.351 e. The highest BCUT2D eigenvalue weighted by atomic mass is 16.7. The van der Waals surface area contributed by atoms with E-state index >= 15 is 0 Å². The smallest absolute Gasteiger partial charge is 0.272 e. The van der Waals surface area contributed by atoms with E-state index in [0.29, 0.717) is 5.56 Å². The minimum atomic E-state index is -0.426. The molecule has 1 fully saturated rings. The Bertz CT molecular complexity index is 730. The van der Waals surface area contributed by atoms with Crippen LogP contribution < -0.4 is 0 Å². The maximum Gasteiger partial charge on any atom is 0.351 e. The van der Waals surface area contributed by atoms with Gasteiger partial charge in [-0.2, -0.15) is 5.06 Å². The van der Waals surface area contributed by atoms with Crippen molar-refractivity contribution in [1.82, 2.24) is 14.9 Å². The summed E-state index contributed by atoms with van der Waals surface area (Å²) in [6, 6.07) is 12.3. The number of benzene rings is 1. The molecule has 6 nitrogen and oxygen atoms in total. The Labute approximate surface area is 153 Å². The summed E-state index contributed by atoms with van der Waals surface area (Å²) >= 11 is 0. The molecule has 0 radical (unpaired) electrons. The SMILES string of the molecule is CON(Cc1ccccc1)C(=O)N(C(=O)c1ccncc1)C1CCCC1. The first kappa shape index (κ1) is 18.1. The van der Waals surface area contributed by atoms with E-state index in [1.165, 1.54) is 17.1 Å². The number of imide groups is 1. The Morgan fingerprint density at radius 1 is 1.08 bits per heavy atom. The zero-order valence-electron chi connectivity index (χ0n) is 14.9. The number of hydrogen-bond acceptors (Lipinski definition) is 4. The average molecular weight is 353 g/mol. The number of carbonyl (C=O) groups excluding carboxylic acids is 2. The van der Waals surface area contributed by atoms with E-state index in [0.717, 1.165) is 31.2 Å². The summed E-state index contributed by atoms with van der Waals surface area (Å²) in [5.41, 5.74) is 1.39. The van der Waals surface area contributed by atoms with Gasteiger partial charge >= 0.3 is 6.03 Å². The number of urea groups is 1. The van der Waals surface area contributed by atoms with E-state index in [1.54, 1.807) is 24.5 Å². The van der Waals surface area contributed by atoms with Crippen molar-refractivity contribution in [2.45, 2.75) is 38.3 Å². The molecular weight excluding hydrogens is 330 g/mol. The number of nitrogens with zero attached hydrogens (tertiary/aromatic N) is 3. The molecule has 3 rings (SSSR count). The van der Waals surface area contributed by atoms with E-state index in [1.807, 2.05) is 30.3 Å². The van der Waals surface area contributed by atoms with Gasteiger partial charge < -0.3 is 0 Å². The van der Waals surface area contributed by atoms with Crippen molar-refractivity contribution in [3.63, 3.8) is 0 Å². The van der Waals surface area contributed by atoms with Crippen LogP contribution in [0.2, 0.25) is 0 Å². The van der Waals surface area contributed by atoms with Gasteiger partial charge in [-0.05, 0) is 30.5 Å². The highest BCUT2D eigenvalue weighted by Gasteiger charge is 2.35. The Balaban J connectivity index is 1.85. The summed E-state index contributed by atoms with van der Waals surface area (Å²) in [6.07, 6.45) is 6.80. The lowest BCUT2D eigenvalue weighted by molar-refractivity contribution is -0.103. The van der Waals surface area contributed by atoms with Crippen molar-refractivity contribution in [3.05, 3.63) is 66.0 Å². The molecule has 1 saturated carbocycles. The quantitative estimate of drug-likeness (QED) is 0.770. The summed E-state index contributed by atoms with van der Waals surface area (Å²) in [5.74, 6) is -0.306. The lowest BCUT2D eigenvalue weighted by Gasteiger charge is -2.31. The third-order valence-corrected chi connectivity index (χ3v) is 4.64. The van der Waals surface area contributed by atoms with E-state index in [9.17, 15) is 9.59 Å². The number of hydrogen-bond donors (Lipinski definition) is 0. The summed E-state index contributed by atoms with van der Waals surface area (Å²) in [6.45, 7) is 0.281. The van der Waals surface area contributed by atoms with Gasteiger partial charge in [0, 0.05) is 24.0 Å². The molecule has 26 heavy (non-hydrogen) atoms. The number of amides is 3. The molecule has 1 heterocycles. The summed E-state index contributed by atoms with van der Waals surface area (Å²) in [5, 5.41) is 1.24. The number of hydroxylamine groups is 2. The Morgan fingerprint density at radius 3 is 2.35 bits per heavy atom. The maximum atomic E-state index is 13.2. The molecule has 0 bridgehead atoms. The number of aromatic nitrogens is 1. The molecule has 3 amide bonds. The predicted molar refractivity (Wildman–Crippen MR) is 97.1 cm³/mol. The predicted octanol–water partition coefficient (Wildman–Crippen LogP) is 3.65. The van der Waals surface area contributed by atoms with E-state index < -0.39 is 6.03 Å². The van der Waals surface area contributed by atoms with Gasteiger partial charge in [0.1, 0.15) is 0 Å².